The summed E-state index contributed by atoms with van der Waals surface area (Å²) in [5.74, 6) is -1.18. The SMILES string of the molecule is CCOC(=O)[C@@H]1[C@@H](c2cc(OC)c(OC)c(OC)c2)c2c(cc(OC)c(OC)c2OC)C[C@@H]1C(=O)OCC. The van der Waals surface area contributed by atoms with Crippen molar-refractivity contribution in [2.45, 2.75) is 26.2 Å². The Morgan fingerprint density at radius 1 is 0.684 bits per heavy atom. The Labute approximate surface area is 223 Å². The van der Waals surface area contributed by atoms with E-state index >= 15 is 0 Å². The molecular weight excluding hydrogens is 496 g/mol. The van der Waals surface area contributed by atoms with E-state index in [0.29, 0.717) is 45.6 Å². The highest BCUT2D eigenvalue weighted by Crippen LogP contribution is 2.55. The van der Waals surface area contributed by atoms with Crippen LogP contribution in [0.2, 0.25) is 0 Å². The molecule has 3 atom stereocenters. The maximum Gasteiger partial charge on any atom is 0.310 e. The highest BCUT2D eigenvalue weighted by Gasteiger charge is 2.49. The van der Waals surface area contributed by atoms with Gasteiger partial charge in [0, 0.05) is 11.5 Å². The maximum atomic E-state index is 13.6. The van der Waals surface area contributed by atoms with Crippen LogP contribution < -0.4 is 28.4 Å². The molecule has 0 unspecified atom stereocenters. The van der Waals surface area contributed by atoms with Crippen molar-refractivity contribution in [2.75, 3.05) is 55.9 Å². The van der Waals surface area contributed by atoms with E-state index in [1.54, 1.807) is 32.0 Å². The van der Waals surface area contributed by atoms with Gasteiger partial charge in [-0.3, -0.25) is 9.59 Å². The smallest absolute Gasteiger partial charge is 0.310 e. The van der Waals surface area contributed by atoms with E-state index < -0.39 is 29.7 Å². The summed E-state index contributed by atoms with van der Waals surface area (Å²) in [6.45, 7) is 3.75. The monoisotopic (exact) mass is 532 g/mol. The van der Waals surface area contributed by atoms with Crippen LogP contribution in [0.4, 0.5) is 0 Å². The molecule has 2 aromatic rings. The van der Waals surface area contributed by atoms with Gasteiger partial charge < -0.3 is 37.9 Å². The van der Waals surface area contributed by atoms with Gasteiger partial charge in [-0.1, -0.05) is 0 Å². The molecule has 0 bridgehead atoms. The molecule has 0 radical (unpaired) electrons. The van der Waals surface area contributed by atoms with Crippen molar-refractivity contribution < 1.29 is 47.5 Å². The molecule has 0 amide bonds. The van der Waals surface area contributed by atoms with E-state index in [1.165, 1.54) is 42.7 Å². The lowest BCUT2D eigenvalue weighted by Crippen LogP contribution is -2.42. The van der Waals surface area contributed by atoms with Crippen molar-refractivity contribution >= 4 is 11.9 Å². The fourth-order valence-electron chi connectivity index (χ4n) is 5.19. The number of methoxy groups -OCH3 is 6. The van der Waals surface area contributed by atoms with Crippen LogP contribution in [0, 0.1) is 11.8 Å². The van der Waals surface area contributed by atoms with Crippen molar-refractivity contribution in [2.24, 2.45) is 11.8 Å². The third-order valence-electron chi connectivity index (χ3n) is 6.69. The van der Waals surface area contributed by atoms with Gasteiger partial charge in [0.15, 0.2) is 23.0 Å². The van der Waals surface area contributed by atoms with Gasteiger partial charge in [-0.2, -0.15) is 0 Å². The Hall–Kier alpha value is -3.82. The fourth-order valence-corrected chi connectivity index (χ4v) is 5.19. The first kappa shape index (κ1) is 28.7. The number of hydrogen-bond donors (Lipinski definition) is 0. The third-order valence-corrected chi connectivity index (χ3v) is 6.69. The number of benzene rings is 2. The van der Waals surface area contributed by atoms with Crippen molar-refractivity contribution in [3.05, 3.63) is 34.9 Å². The number of hydrogen-bond acceptors (Lipinski definition) is 10. The highest BCUT2D eigenvalue weighted by molar-refractivity contribution is 5.86. The summed E-state index contributed by atoms with van der Waals surface area (Å²) in [4.78, 5) is 26.9. The number of rotatable bonds is 11. The zero-order valence-electron chi connectivity index (χ0n) is 23.2. The van der Waals surface area contributed by atoms with Gasteiger partial charge in [-0.25, -0.2) is 0 Å². The molecule has 38 heavy (non-hydrogen) atoms. The van der Waals surface area contributed by atoms with Crippen LogP contribution in [0.25, 0.3) is 0 Å². The summed E-state index contributed by atoms with van der Waals surface area (Å²) in [5.41, 5.74) is 2.04. The number of carbonyl (C=O) groups excluding carboxylic acids is 2. The van der Waals surface area contributed by atoms with Gasteiger partial charge >= 0.3 is 11.9 Å². The molecule has 0 spiro atoms. The number of carbonyl (C=O) groups is 2. The van der Waals surface area contributed by atoms with Gasteiger partial charge in [-0.05, 0) is 49.6 Å². The first-order valence-electron chi connectivity index (χ1n) is 12.3. The Morgan fingerprint density at radius 2 is 1.18 bits per heavy atom. The highest BCUT2D eigenvalue weighted by atomic mass is 16.5. The summed E-state index contributed by atoms with van der Waals surface area (Å²) in [5, 5.41) is 0. The van der Waals surface area contributed by atoms with Gasteiger partial charge in [0.05, 0.1) is 67.7 Å². The quantitative estimate of drug-likeness (QED) is 0.397. The van der Waals surface area contributed by atoms with Crippen molar-refractivity contribution in [3.63, 3.8) is 0 Å². The largest absolute Gasteiger partial charge is 0.493 e. The van der Waals surface area contributed by atoms with Gasteiger partial charge in [0.25, 0.3) is 0 Å². The predicted octanol–water partition coefficient (Wildman–Crippen LogP) is 3.78. The number of fused-ring (bicyclic) bond motifs is 1. The molecule has 10 nitrogen and oxygen atoms in total. The van der Waals surface area contributed by atoms with E-state index in [2.05, 4.69) is 0 Å². The Kier molecular flexibility index (Phi) is 9.55. The summed E-state index contributed by atoms with van der Waals surface area (Å²) in [7, 11) is 9.07. The molecule has 1 aliphatic carbocycles. The van der Waals surface area contributed by atoms with E-state index in [9.17, 15) is 9.59 Å². The minimum Gasteiger partial charge on any atom is -0.493 e. The molecule has 0 aliphatic heterocycles. The Morgan fingerprint density at radius 3 is 1.66 bits per heavy atom. The normalized spacial score (nSPS) is 18.1. The predicted molar refractivity (Wildman–Crippen MR) is 138 cm³/mol. The van der Waals surface area contributed by atoms with Crippen molar-refractivity contribution in [1.82, 2.24) is 0 Å². The second-order valence-electron chi connectivity index (χ2n) is 8.49. The Bertz CT molecular complexity index is 1130. The summed E-state index contributed by atoms with van der Waals surface area (Å²) < 4.78 is 44.7. The average molecular weight is 533 g/mol. The first-order valence-corrected chi connectivity index (χ1v) is 12.3. The third kappa shape index (κ3) is 5.12. The number of ether oxygens (including phenoxy) is 8. The molecule has 0 fully saturated rings. The molecule has 2 aromatic carbocycles. The molecule has 0 saturated heterocycles. The topological polar surface area (TPSA) is 108 Å². The fraction of sp³-hybridized carbons (Fsp3) is 0.500. The van der Waals surface area contributed by atoms with E-state index in [1.807, 2.05) is 0 Å². The van der Waals surface area contributed by atoms with E-state index in [4.69, 9.17) is 37.9 Å². The lowest BCUT2D eigenvalue weighted by atomic mass is 9.66. The lowest BCUT2D eigenvalue weighted by molar-refractivity contribution is -0.161. The van der Waals surface area contributed by atoms with Crippen LogP contribution in [0.15, 0.2) is 18.2 Å². The van der Waals surface area contributed by atoms with Gasteiger partial charge in [0.1, 0.15) is 0 Å². The molecule has 0 aromatic heterocycles. The van der Waals surface area contributed by atoms with Crippen molar-refractivity contribution in [3.8, 4) is 34.5 Å². The molecule has 10 heteroatoms. The minimum atomic E-state index is -0.948. The molecule has 208 valence electrons. The minimum absolute atomic E-state index is 0.142. The van der Waals surface area contributed by atoms with Crippen molar-refractivity contribution in [1.29, 1.82) is 0 Å². The number of esters is 2. The first-order chi connectivity index (χ1) is 18.3. The molecular formula is C28H36O10. The summed E-state index contributed by atoms with van der Waals surface area (Å²) >= 11 is 0. The zero-order chi connectivity index (χ0) is 28.0. The second kappa shape index (κ2) is 12.6. The standard InChI is InChI=1S/C28H36O10/c1-9-37-27(29)17-11-15-12-20(33-5)25(35-7)26(36-8)22(15)21(23(17)28(30)38-10-2)16-13-18(31-3)24(34-6)19(14-16)32-4/h12-14,17,21,23H,9-11H2,1-8H3/t17-,21-,23-/m0/s1. The molecule has 0 heterocycles. The maximum absolute atomic E-state index is 13.6. The molecule has 1 aliphatic rings. The van der Waals surface area contributed by atoms with Crippen LogP contribution in [-0.4, -0.2) is 67.8 Å². The van der Waals surface area contributed by atoms with Crippen LogP contribution >= 0.6 is 0 Å². The Balaban J connectivity index is 2.46. The molecule has 0 N–H and O–H groups in total. The summed E-state index contributed by atoms with van der Waals surface area (Å²) in [6, 6.07) is 5.31. The molecule has 3 rings (SSSR count). The second-order valence-corrected chi connectivity index (χ2v) is 8.49. The van der Waals surface area contributed by atoms with E-state index in [-0.39, 0.29) is 19.6 Å². The van der Waals surface area contributed by atoms with Crippen LogP contribution in [0.1, 0.15) is 36.5 Å². The zero-order valence-corrected chi connectivity index (χ0v) is 23.2. The van der Waals surface area contributed by atoms with Crippen LogP contribution in [-0.2, 0) is 25.5 Å². The average Bonchev–Trinajstić information content (AvgIpc) is 2.94. The van der Waals surface area contributed by atoms with Gasteiger partial charge in [0.2, 0.25) is 11.5 Å². The van der Waals surface area contributed by atoms with Crippen LogP contribution in [0.3, 0.4) is 0 Å². The lowest BCUT2D eigenvalue weighted by Gasteiger charge is -2.38. The summed E-state index contributed by atoms with van der Waals surface area (Å²) in [6.07, 6.45) is 0.204. The van der Waals surface area contributed by atoms with Gasteiger partial charge in [-0.15, -0.1) is 0 Å². The van der Waals surface area contributed by atoms with Crippen LogP contribution in [0.5, 0.6) is 34.5 Å². The van der Waals surface area contributed by atoms with E-state index in [0.717, 1.165) is 5.56 Å². The molecule has 0 saturated carbocycles.